The number of ether oxygens (including phenoxy) is 1. The summed E-state index contributed by atoms with van der Waals surface area (Å²) >= 11 is 1.68. The Labute approximate surface area is 123 Å². The summed E-state index contributed by atoms with van der Waals surface area (Å²) in [4.78, 5) is 12.4. The van der Waals surface area contributed by atoms with Crippen molar-refractivity contribution in [2.24, 2.45) is 0 Å². The second-order valence-electron chi connectivity index (χ2n) is 5.43. The van der Waals surface area contributed by atoms with E-state index in [0.717, 1.165) is 42.5 Å². The fourth-order valence-corrected chi connectivity index (χ4v) is 3.57. The minimum absolute atomic E-state index is 0.483. The maximum Gasteiger partial charge on any atom is 0.140 e. The minimum Gasteiger partial charge on any atom is -0.378 e. The molecule has 0 bridgehead atoms. The van der Waals surface area contributed by atoms with Crippen LogP contribution >= 0.6 is 11.3 Å². The first-order valence-electron chi connectivity index (χ1n) is 7.28. The number of nitrogens with zero attached hydrogens (tertiary/aromatic N) is 3. The van der Waals surface area contributed by atoms with Crippen molar-refractivity contribution in [3.63, 3.8) is 0 Å². The van der Waals surface area contributed by atoms with Gasteiger partial charge in [0.1, 0.15) is 16.5 Å². The molecule has 5 heteroatoms. The molecule has 3 rings (SSSR count). The van der Waals surface area contributed by atoms with Gasteiger partial charge >= 0.3 is 0 Å². The van der Waals surface area contributed by atoms with Crippen LogP contribution in [0.3, 0.4) is 0 Å². The second-order valence-corrected chi connectivity index (χ2v) is 6.33. The number of hydrogen-bond donors (Lipinski definition) is 0. The highest BCUT2D eigenvalue weighted by Gasteiger charge is 2.16. The molecule has 1 saturated heterocycles. The van der Waals surface area contributed by atoms with E-state index in [1.54, 1.807) is 11.3 Å². The number of fused-ring (bicyclic) bond motifs is 1. The van der Waals surface area contributed by atoms with E-state index in [9.17, 15) is 0 Å². The van der Waals surface area contributed by atoms with E-state index in [2.05, 4.69) is 33.4 Å². The lowest BCUT2D eigenvalue weighted by Crippen LogP contribution is -2.21. The van der Waals surface area contributed by atoms with E-state index in [0.29, 0.717) is 6.10 Å². The number of thiophene rings is 1. The molecule has 0 aliphatic carbocycles. The van der Waals surface area contributed by atoms with Crippen molar-refractivity contribution in [2.45, 2.75) is 38.7 Å². The van der Waals surface area contributed by atoms with Gasteiger partial charge in [-0.1, -0.05) is 0 Å². The number of rotatable bonds is 5. The lowest BCUT2D eigenvalue weighted by Gasteiger charge is -2.20. The van der Waals surface area contributed by atoms with Gasteiger partial charge < -0.3 is 9.64 Å². The molecule has 1 aliphatic heterocycles. The van der Waals surface area contributed by atoms with Crippen LogP contribution in [-0.4, -0.2) is 36.3 Å². The predicted molar refractivity (Wildman–Crippen MR) is 83.6 cm³/mol. The van der Waals surface area contributed by atoms with Gasteiger partial charge in [0.25, 0.3) is 0 Å². The lowest BCUT2D eigenvalue weighted by molar-refractivity contribution is 0.103. The normalized spacial score (nSPS) is 18.8. The Bertz CT molecular complexity index is 578. The van der Waals surface area contributed by atoms with Gasteiger partial charge in [-0.05, 0) is 44.1 Å². The molecule has 108 valence electrons. The molecule has 4 nitrogen and oxygen atoms in total. The van der Waals surface area contributed by atoms with Gasteiger partial charge in [0.15, 0.2) is 0 Å². The second kappa shape index (κ2) is 6.06. The first kappa shape index (κ1) is 13.8. The van der Waals surface area contributed by atoms with Crippen LogP contribution in [-0.2, 0) is 4.74 Å². The molecule has 1 aliphatic rings. The van der Waals surface area contributed by atoms with Crippen LogP contribution in [0, 0.1) is 6.92 Å². The Morgan fingerprint density at radius 1 is 1.45 bits per heavy atom. The SMILES string of the molecule is Cc1nc(N(C)CCC[C@@H]2CCCO2)c2ccsc2n1. The molecule has 0 amide bonds. The molecule has 1 atom stereocenters. The molecule has 1 fully saturated rings. The maximum atomic E-state index is 5.67. The fourth-order valence-electron chi connectivity index (χ4n) is 2.77. The minimum atomic E-state index is 0.483. The Kier molecular flexibility index (Phi) is 4.17. The van der Waals surface area contributed by atoms with Crippen molar-refractivity contribution in [3.8, 4) is 0 Å². The topological polar surface area (TPSA) is 38.2 Å². The zero-order valence-electron chi connectivity index (χ0n) is 12.1. The lowest BCUT2D eigenvalue weighted by atomic mass is 10.1. The smallest absolute Gasteiger partial charge is 0.140 e. The van der Waals surface area contributed by atoms with Crippen molar-refractivity contribution in [1.82, 2.24) is 9.97 Å². The average molecular weight is 291 g/mol. The zero-order chi connectivity index (χ0) is 13.9. The van der Waals surface area contributed by atoms with Gasteiger partial charge in [0.2, 0.25) is 0 Å². The number of hydrogen-bond acceptors (Lipinski definition) is 5. The van der Waals surface area contributed by atoms with Crippen LogP contribution in [0.2, 0.25) is 0 Å². The Morgan fingerprint density at radius 2 is 2.35 bits per heavy atom. The van der Waals surface area contributed by atoms with Gasteiger partial charge in [-0.3, -0.25) is 0 Å². The van der Waals surface area contributed by atoms with E-state index in [1.807, 2.05) is 6.92 Å². The van der Waals surface area contributed by atoms with E-state index >= 15 is 0 Å². The largest absolute Gasteiger partial charge is 0.378 e. The molecule has 0 radical (unpaired) electrons. The van der Waals surface area contributed by atoms with Crippen LogP contribution in [0.4, 0.5) is 5.82 Å². The highest BCUT2D eigenvalue weighted by atomic mass is 32.1. The molecule has 2 aromatic rings. The summed E-state index contributed by atoms with van der Waals surface area (Å²) in [6.45, 7) is 3.92. The summed E-state index contributed by atoms with van der Waals surface area (Å²) in [5.74, 6) is 1.90. The maximum absolute atomic E-state index is 5.67. The Balaban J connectivity index is 1.65. The van der Waals surface area contributed by atoms with Crippen molar-refractivity contribution in [3.05, 3.63) is 17.3 Å². The molecule has 0 spiro atoms. The summed E-state index contributed by atoms with van der Waals surface area (Å²) in [5.41, 5.74) is 0. The molecular weight excluding hydrogens is 270 g/mol. The molecule has 3 heterocycles. The monoisotopic (exact) mass is 291 g/mol. The van der Waals surface area contributed by atoms with Crippen LogP contribution in [0.1, 0.15) is 31.5 Å². The third kappa shape index (κ3) is 2.94. The van der Waals surface area contributed by atoms with Gasteiger partial charge in [-0.15, -0.1) is 11.3 Å². The third-order valence-corrected chi connectivity index (χ3v) is 4.63. The predicted octanol–water partition coefficient (Wildman–Crippen LogP) is 3.40. The molecule has 0 aromatic carbocycles. The molecular formula is C15H21N3OS. The molecule has 0 N–H and O–H groups in total. The fraction of sp³-hybridized carbons (Fsp3) is 0.600. The van der Waals surface area contributed by atoms with Crippen molar-refractivity contribution < 1.29 is 4.74 Å². The van der Waals surface area contributed by atoms with Crippen LogP contribution in [0.5, 0.6) is 0 Å². The van der Waals surface area contributed by atoms with E-state index in [4.69, 9.17) is 4.74 Å². The van der Waals surface area contributed by atoms with Crippen molar-refractivity contribution >= 4 is 27.4 Å². The Hall–Kier alpha value is -1.20. The summed E-state index contributed by atoms with van der Waals surface area (Å²) in [5, 5.41) is 3.25. The first-order valence-corrected chi connectivity index (χ1v) is 8.16. The van der Waals surface area contributed by atoms with E-state index in [1.165, 1.54) is 18.2 Å². The van der Waals surface area contributed by atoms with Crippen LogP contribution in [0.15, 0.2) is 11.4 Å². The van der Waals surface area contributed by atoms with E-state index in [-0.39, 0.29) is 0 Å². The molecule has 20 heavy (non-hydrogen) atoms. The van der Waals surface area contributed by atoms with E-state index < -0.39 is 0 Å². The zero-order valence-corrected chi connectivity index (χ0v) is 12.9. The van der Waals surface area contributed by atoms with Crippen LogP contribution in [0.25, 0.3) is 10.2 Å². The summed E-state index contributed by atoms with van der Waals surface area (Å²) in [6.07, 6.45) is 5.24. The number of aryl methyl sites for hydroxylation is 1. The highest BCUT2D eigenvalue weighted by molar-refractivity contribution is 7.16. The summed E-state index contributed by atoms with van der Waals surface area (Å²) < 4.78 is 5.67. The summed E-state index contributed by atoms with van der Waals surface area (Å²) in [6, 6.07) is 2.12. The van der Waals surface area contributed by atoms with Gasteiger partial charge in [-0.25, -0.2) is 9.97 Å². The molecule has 2 aromatic heterocycles. The van der Waals surface area contributed by atoms with Crippen molar-refractivity contribution in [1.29, 1.82) is 0 Å². The summed E-state index contributed by atoms with van der Waals surface area (Å²) in [7, 11) is 2.12. The average Bonchev–Trinajstić information content (AvgIpc) is 3.08. The molecule has 0 unspecified atom stereocenters. The van der Waals surface area contributed by atoms with Crippen molar-refractivity contribution in [2.75, 3.05) is 25.1 Å². The van der Waals surface area contributed by atoms with Crippen LogP contribution < -0.4 is 4.90 Å². The first-order chi connectivity index (χ1) is 9.74. The third-order valence-electron chi connectivity index (χ3n) is 3.82. The number of aromatic nitrogens is 2. The van der Waals surface area contributed by atoms with Gasteiger partial charge in [0, 0.05) is 20.2 Å². The molecule has 0 saturated carbocycles. The van der Waals surface area contributed by atoms with Gasteiger partial charge in [0.05, 0.1) is 11.5 Å². The quantitative estimate of drug-likeness (QED) is 0.846. The highest BCUT2D eigenvalue weighted by Crippen LogP contribution is 2.27. The van der Waals surface area contributed by atoms with Gasteiger partial charge in [-0.2, -0.15) is 0 Å². The standard InChI is InChI=1S/C15H21N3OS/c1-11-16-14(13-7-10-20-15(13)17-11)18(2)8-3-5-12-6-4-9-19-12/h7,10,12H,3-6,8-9H2,1-2H3/t12-/m1/s1. The Morgan fingerprint density at radius 3 is 3.15 bits per heavy atom. The number of anilines is 1.